The maximum Gasteiger partial charge on any atom is 0.303 e. The molecule has 2 unspecified atom stereocenters. The molecular formula is C24H24O8P2. The first-order valence-electron chi connectivity index (χ1n) is 10.4. The zero-order valence-corrected chi connectivity index (χ0v) is 19.9. The molecule has 10 heteroatoms. The molecule has 0 saturated carbocycles. The average Bonchev–Trinajstić information content (AvgIpc) is 2.84. The molecular weight excluding hydrogens is 478 g/mol. The Morgan fingerprint density at radius 1 is 0.588 bits per heavy atom. The van der Waals surface area contributed by atoms with Gasteiger partial charge in [0.2, 0.25) is 0 Å². The van der Waals surface area contributed by atoms with Gasteiger partial charge in [-0.05, 0) is 48.5 Å². The lowest BCUT2D eigenvalue weighted by Crippen LogP contribution is -2.15. The van der Waals surface area contributed by atoms with Crippen LogP contribution in [0.25, 0.3) is 0 Å². The van der Waals surface area contributed by atoms with E-state index in [0.29, 0.717) is 10.6 Å². The smallest absolute Gasteiger partial charge is 0.303 e. The first kappa shape index (κ1) is 25.3. The second-order valence-electron chi connectivity index (χ2n) is 7.41. The van der Waals surface area contributed by atoms with Crippen LogP contribution >= 0.6 is 14.7 Å². The van der Waals surface area contributed by atoms with E-state index in [-0.39, 0.29) is 36.7 Å². The molecule has 34 heavy (non-hydrogen) atoms. The summed E-state index contributed by atoms with van der Waals surface area (Å²) < 4.78 is 38.6. The Hall–Kier alpha value is -3.34. The third-order valence-electron chi connectivity index (χ3n) is 4.87. The topological polar surface area (TPSA) is 127 Å². The molecule has 3 aromatic carbocycles. The van der Waals surface area contributed by atoms with Crippen LogP contribution in [0.5, 0.6) is 11.5 Å². The number of hydrogen-bond acceptors (Lipinski definition) is 6. The van der Waals surface area contributed by atoms with Gasteiger partial charge in [-0.2, -0.15) is 0 Å². The van der Waals surface area contributed by atoms with Crippen molar-refractivity contribution in [3.63, 3.8) is 0 Å². The van der Waals surface area contributed by atoms with Crippen LogP contribution in [0.15, 0.2) is 84.9 Å². The number of rotatable bonds is 12. The van der Waals surface area contributed by atoms with E-state index < -0.39 is 26.7 Å². The van der Waals surface area contributed by atoms with Gasteiger partial charge in [0.15, 0.2) is 0 Å². The summed E-state index contributed by atoms with van der Waals surface area (Å²) in [5, 5.41) is 18.9. The van der Waals surface area contributed by atoms with Crippen molar-refractivity contribution in [1.29, 1.82) is 0 Å². The standard InChI is InChI=1S/C24H24O8P2/c25-23(26)15-17-33(29,21-7-3-1-4-8-21)31-19-11-13-20(14-12-19)32-34(30,18-16-24(27)28)22-9-5-2-6-10-22/h1-14H,15-18H2,(H,25,26)(H,27,28). The summed E-state index contributed by atoms with van der Waals surface area (Å²) in [6, 6.07) is 22.7. The van der Waals surface area contributed by atoms with Crippen LogP contribution in [0.4, 0.5) is 0 Å². The summed E-state index contributed by atoms with van der Waals surface area (Å²) in [6.07, 6.45) is -1.000. The van der Waals surface area contributed by atoms with Crippen molar-refractivity contribution < 1.29 is 38.0 Å². The van der Waals surface area contributed by atoms with E-state index in [0.717, 1.165) is 0 Å². The van der Waals surface area contributed by atoms with E-state index in [2.05, 4.69) is 0 Å². The van der Waals surface area contributed by atoms with Crippen molar-refractivity contribution in [2.24, 2.45) is 0 Å². The summed E-state index contributed by atoms with van der Waals surface area (Å²) in [5.41, 5.74) is 0. The zero-order valence-electron chi connectivity index (χ0n) is 18.1. The first-order chi connectivity index (χ1) is 16.2. The lowest BCUT2D eigenvalue weighted by atomic mass is 10.3. The fraction of sp³-hybridized carbons (Fsp3) is 0.167. The molecule has 178 valence electrons. The monoisotopic (exact) mass is 502 g/mol. The maximum absolute atomic E-state index is 13.5. The lowest BCUT2D eigenvalue weighted by molar-refractivity contribution is -0.137. The van der Waals surface area contributed by atoms with Crippen molar-refractivity contribution in [2.75, 3.05) is 12.3 Å². The molecule has 2 N–H and O–H groups in total. The lowest BCUT2D eigenvalue weighted by Gasteiger charge is -2.21. The van der Waals surface area contributed by atoms with Crippen molar-refractivity contribution in [2.45, 2.75) is 12.8 Å². The van der Waals surface area contributed by atoms with Gasteiger partial charge in [-0.3, -0.25) is 18.7 Å². The molecule has 0 aliphatic heterocycles. The summed E-state index contributed by atoms with van der Waals surface area (Å²) in [5.74, 6) is -1.71. The van der Waals surface area contributed by atoms with Gasteiger partial charge in [0.05, 0.1) is 12.8 Å². The van der Waals surface area contributed by atoms with Gasteiger partial charge in [0.1, 0.15) is 11.5 Å². The molecule has 0 aromatic heterocycles. The molecule has 0 bridgehead atoms. The summed E-state index contributed by atoms with van der Waals surface area (Å²) in [4.78, 5) is 22.1. The molecule has 0 aliphatic carbocycles. The highest BCUT2D eigenvalue weighted by molar-refractivity contribution is 7.67. The molecule has 0 spiro atoms. The van der Waals surface area contributed by atoms with E-state index in [1.165, 1.54) is 24.3 Å². The van der Waals surface area contributed by atoms with Crippen molar-refractivity contribution in [3.05, 3.63) is 84.9 Å². The van der Waals surface area contributed by atoms with Crippen molar-refractivity contribution in [3.8, 4) is 11.5 Å². The Morgan fingerprint density at radius 3 is 1.21 bits per heavy atom. The Kier molecular flexibility index (Phi) is 8.32. The molecule has 3 rings (SSSR count). The molecule has 0 saturated heterocycles. The first-order valence-corrected chi connectivity index (χ1v) is 14.0. The van der Waals surface area contributed by atoms with Gasteiger partial charge in [-0.1, -0.05) is 36.4 Å². The Bertz CT molecular complexity index is 1110. The molecule has 0 radical (unpaired) electrons. The van der Waals surface area contributed by atoms with Gasteiger partial charge < -0.3 is 19.3 Å². The van der Waals surface area contributed by atoms with E-state index >= 15 is 0 Å². The van der Waals surface area contributed by atoms with E-state index in [4.69, 9.17) is 19.3 Å². The summed E-state index contributed by atoms with van der Waals surface area (Å²) >= 11 is 0. The number of carboxylic acids is 2. The number of hydrogen-bond donors (Lipinski definition) is 2. The molecule has 2 atom stereocenters. The third-order valence-corrected chi connectivity index (χ3v) is 9.67. The van der Waals surface area contributed by atoms with Crippen LogP contribution < -0.4 is 19.7 Å². The predicted molar refractivity (Wildman–Crippen MR) is 129 cm³/mol. The minimum Gasteiger partial charge on any atom is -0.481 e. The van der Waals surface area contributed by atoms with Crippen molar-refractivity contribution in [1.82, 2.24) is 0 Å². The quantitative estimate of drug-likeness (QED) is 0.344. The highest BCUT2D eigenvalue weighted by Gasteiger charge is 2.30. The second kappa shape index (κ2) is 11.2. The fourth-order valence-corrected chi connectivity index (χ4v) is 7.21. The van der Waals surface area contributed by atoms with Crippen LogP contribution in [-0.2, 0) is 18.7 Å². The second-order valence-corrected chi connectivity index (χ2v) is 12.4. The van der Waals surface area contributed by atoms with Crippen LogP contribution in [0.2, 0.25) is 0 Å². The third kappa shape index (κ3) is 6.83. The SMILES string of the molecule is O=C(O)CCP(=O)(Oc1ccc(OP(=O)(CCC(=O)O)c2ccccc2)cc1)c1ccccc1. The van der Waals surface area contributed by atoms with E-state index in [1.807, 2.05) is 0 Å². The normalized spacial score (nSPS) is 14.4. The molecule has 0 amide bonds. The van der Waals surface area contributed by atoms with Crippen LogP contribution in [0.3, 0.4) is 0 Å². The Balaban J connectivity index is 1.82. The minimum absolute atomic E-state index is 0.178. The summed E-state index contributed by atoms with van der Waals surface area (Å²) in [7, 11) is -7.03. The molecule has 0 aliphatic rings. The van der Waals surface area contributed by atoms with E-state index in [9.17, 15) is 18.7 Å². The number of carbonyl (C=O) groups is 2. The molecule has 0 heterocycles. The highest BCUT2D eigenvalue weighted by Crippen LogP contribution is 2.49. The zero-order chi connectivity index (χ0) is 24.6. The van der Waals surface area contributed by atoms with Gasteiger partial charge in [-0.25, -0.2) is 0 Å². The average molecular weight is 502 g/mol. The minimum atomic E-state index is -3.51. The maximum atomic E-state index is 13.5. The van der Waals surface area contributed by atoms with E-state index in [1.54, 1.807) is 60.7 Å². The van der Waals surface area contributed by atoms with Crippen LogP contribution in [-0.4, -0.2) is 34.5 Å². The van der Waals surface area contributed by atoms with Gasteiger partial charge >= 0.3 is 11.9 Å². The Morgan fingerprint density at radius 2 is 0.912 bits per heavy atom. The van der Waals surface area contributed by atoms with Gasteiger partial charge in [-0.15, -0.1) is 0 Å². The molecule has 0 fully saturated rings. The Labute approximate surface area is 197 Å². The van der Waals surface area contributed by atoms with Gasteiger partial charge in [0, 0.05) is 22.9 Å². The van der Waals surface area contributed by atoms with Crippen LogP contribution in [0.1, 0.15) is 12.8 Å². The fourth-order valence-electron chi connectivity index (χ4n) is 3.15. The molecule has 8 nitrogen and oxygen atoms in total. The van der Waals surface area contributed by atoms with Crippen LogP contribution in [0, 0.1) is 0 Å². The molecule has 3 aromatic rings. The predicted octanol–water partition coefficient (Wildman–Crippen LogP) is 4.60. The van der Waals surface area contributed by atoms with Crippen molar-refractivity contribution >= 4 is 37.3 Å². The summed E-state index contributed by atoms with van der Waals surface area (Å²) in [6.45, 7) is 0. The highest BCUT2D eigenvalue weighted by atomic mass is 31.2. The largest absolute Gasteiger partial charge is 0.481 e. The number of benzene rings is 3. The number of aliphatic carboxylic acids is 2. The van der Waals surface area contributed by atoms with Gasteiger partial charge in [0.25, 0.3) is 14.7 Å². The number of carboxylic acid groups (broad SMARTS) is 2.